The number of aliphatic hydroxyl groups is 1. The molecule has 0 amide bonds. The largest absolute Gasteiger partial charge is 0.392 e. The molecule has 0 aliphatic heterocycles. The molecule has 5 aromatic rings. The average molecular weight is 452 g/mol. The summed E-state index contributed by atoms with van der Waals surface area (Å²) >= 11 is 5.94. The minimum Gasteiger partial charge on any atom is -0.392 e. The maximum Gasteiger partial charge on any atom is 0.277 e. The van der Waals surface area contributed by atoms with E-state index in [1.807, 2.05) is 0 Å². The molecule has 0 spiro atoms. The quantitative estimate of drug-likeness (QED) is 0.453. The van der Waals surface area contributed by atoms with Crippen LogP contribution in [0.4, 0.5) is 4.39 Å². The summed E-state index contributed by atoms with van der Waals surface area (Å²) in [6.45, 7) is -0.378. The minimum absolute atomic E-state index is 0.0473. The highest BCUT2D eigenvalue weighted by Crippen LogP contribution is 2.25. The van der Waals surface area contributed by atoms with E-state index in [1.165, 1.54) is 56.2 Å². The van der Waals surface area contributed by atoms with E-state index in [2.05, 4.69) is 10.1 Å². The van der Waals surface area contributed by atoms with Crippen LogP contribution in [-0.4, -0.2) is 28.7 Å². The van der Waals surface area contributed by atoms with E-state index < -0.39 is 18.0 Å². The molecule has 4 aromatic heterocycles. The Kier molecular flexibility index (Phi) is 4.84. The van der Waals surface area contributed by atoms with Gasteiger partial charge < -0.3 is 9.67 Å². The fraction of sp³-hybridized carbons (Fsp3) is 0.0909. The van der Waals surface area contributed by atoms with Crippen LogP contribution in [-0.2, 0) is 13.2 Å². The fourth-order valence-corrected chi connectivity index (χ4v) is 3.81. The molecule has 1 N–H and O–H groups in total. The van der Waals surface area contributed by atoms with Crippen molar-refractivity contribution >= 4 is 22.8 Å². The number of rotatable bonds is 4. The van der Waals surface area contributed by atoms with Gasteiger partial charge in [0, 0.05) is 35.8 Å². The zero-order chi connectivity index (χ0) is 22.4. The lowest BCUT2D eigenvalue weighted by atomic mass is 10.1. The Labute approximate surface area is 184 Å². The molecule has 32 heavy (non-hydrogen) atoms. The molecular weight excluding hydrogens is 437 g/mol. The molecule has 0 bridgehead atoms. The van der Waals surface area contributed by atoms with Gasteiger partial charge in [-0.05, 0) is 36.4 Å². The van der Waals surface area contributed by atoms with E-state index in [1.54, 1.807) is 18.3 Å². The molecule has 0 aliphatic carbocycles. The Hall–Kier alpha value is -3.82. The van der Waals surface area contributed by atoms with E-state index in [9.17, 15) is 19.1 Å². The van der Waals surface area contributed by atoms with E-state index in [0.29, 0.717) is 33.2 Å². The van der Waals surface area contributed by atoms with Crippen molar-refractivity contribution in [3.8, 4) is 11.3 Å². The lowest BCUT2D eigenvalue weighted by Gasteiger charge is -2.08. The van der Waals surface area contributed by atoms with Gasteiger partial charge in [0.05, 0.1) is 29.6 Å². The van der Waals surface area contributed by atoms with Crippen LogP contribution in [0.25, 0.3) is 22.4 Å². The smallest absolute Gasteiger partial charge is 0.277 e. The van der Waals surface area contributed by atoms with Crippen molar-refractivity contribution in [3.05, 3.63) is 104 Å². The number of nitrogens with zero attached hydrogens (tertiary/aromatic N) is 5. The number of benzene rings is 1. The van der Waals surface area contributed by atoms with Gasteiger partial charge >= 0.3 is 0 Å². The second-order valence-corrected chi connectivity index (χ2v) is 7.61. The van der Waals surface area contributed by atoms with Gasteiger partial charge in [-0.15, -0.1) is 0 Å². The van der Waals surface area contributed by atoms with Crippen LogP contribution >= 0.6 is 11.6 Å². The summed E-state index contributed by atoms with van der Waals surface area (Å²) in [5.41, 5.74) is 1.57. The summed E-state index contributed by atoms with van der Waals surface area (Å²) < 4.78 is 17.4. The molecule has 0 fully saturated rings. The van der Waals surface area contributed by atoms with Crippen molar-refractivity contribution < 1.29 is 9.50 Å². The maximum absolute atomic E-state index is 13.3. The first kappa shape index (κ1) is 20.1. The number of hydrogen-bond acceptors (Lipinski definition) is 5. The van der Waals surface area contributed by atoms with Gasteiger partial charge in [-0.3, -0.25) is 14.0 Å². The average Bonchev–Trinajstić information content (AvgIpc) is 3.16. The summed E-state index contributed by atoms with van der Waals surface area (Å²) in [6, 6.07) is 10.2. The molecule has 8 nitrogen and oxygen atoms in total. The summed E-state index contributed by atoms with van der Waals surface area (Å²) in [5.74, 6) is -0.397. The predicted molar refractivity (Wildman–Crippen MR) is 116 cm³/mol. The van der Waals surface area contributed by atoms with Gasteiger partial charge in [-0.2, -0.15) is 5.10 Å². The first-order valence-corrected chi connectivity index (χ1v) is 9.97. The lowest BCUT2D eigenvalue weighted by Crippen LogP contribution is -2.24. The third-order valence-electron chi connectivity index (χ3n) is 5.14. The summed E-state index contributed by atoms with van der Waals surface area (Å²) in [4.78, 5) is 30.1. The summed E-state index contributed by atoms with van der Waals surface area (Å²) in [5, 5.41) is 14.8. The lowest BCUT2D eigenvalue weighted by molar-refractivity contribution is 0.283. The van der Waals surface area contributed by atoms with Crippen molar-refractivity contribution in [1.29, 1.82) is 0 Å². The van der Waals surface area contributed by atoms with Gasteiger partial charge in [0.2, 0.25) is 0 Å². The second kappa shape index (κ2) is 7.70. The number of pyridine rings is 1. The Bertz CT molecular complexity index is 1610. The maximum atomic E-state index is 13.3. The molecule has 0 unspecified atom stereocenters. The molecule has 0 aliphatic rings. The number of aliphatic hydroxyl groups excluding tert-OH is 1. The monoisotopic (exact) mass is 451 g/mol. The number of fused-ring (bicyclic) bond motifs is 2. The van der Waals surface area contributed by atoms with Crippen molar-refractivity contribution in [2.45, 2.75) is 13.2 Å². The molecule has 10 heteroatoms. The van der Waals surface area contributed by atoms with E-state index in [4.69, 9.17) is 11.6 Å². The molecule has 4 heterocycles. The number of hydrogen-bond donors (Lipinski definition) is 1. The predicted octanol–water partition coefficient (Wildman–Crippen LogP) is 2.50. The summed E-state index contributed by atoms with van der Waals surface area (Å²) in [6.07, 6.45) is 4.59. The Morgan fingerprint density at radius 2 is 1.84 bits per heavy atom. The molecule has 5 rings (SSSR count). The van der Waals surface area contributed by atoms with Crippen LogP contribution in [0.15, 0.2) is 70.6 Å². The fourth-order valence-electron chi connectivity index (χ4n) is 3.65. The van der Waals surface area contributed by atoms with Gasteiger partial charge in [-0.1, -0.05) is 11.6 Å². The highest BCUT2D eigenvalue weighted by atomic mass is 35.5. The van der Waals surface area contributed by atoms with E-state index in [0.717, 1.165) is 0 Å². The molecule has 1 aromatic carbocycles. The Morgan fingerprint density at radius 1 is 1.06 bits per heavy atom. The summed E-state index contributed by atoms with van der Waals surface area (Å²) in [7, 11) is 0. The van der Waals surface area contributed by atoms with Crippen molar-refractivity contribution in [1.82, 2.24) is 23.6 Å². The van der Waals surface area contributed by atoms with Crippen molar-refractivity contribution in [2.75, 3.05) is 0 Å². The van der Waals surface area contributed by atoms with Crippen LogP contribution in [0, 0.1) is 5.82 Å². The van der Waals surface area contributed by atoms with Gasteiger partial charge in [0.25, 0.3) is 11.1 Å². The molecular formula is C22H15ClFN5O3. The highest BCUT2D eigenvalue weighted by Gasteiger charge is 2.18. The first-order chi connectivity index (χ1) is 15.4. The van der Waals surface area contributed by atoms with Gasteiger partial charge in [-0.25, -0.2) is 13.9 Å². The van der Waals surface area contributed by atoms with Crippen molar-refractivity contribution in [3.63, 3.8) is 0 Å². The Morgan fingerprint density at radius 3 is 2.59 bits per heavy atom. The third-order valence-corrected chi connectivity index (χ3v) is 5.37. The Balaban J connectivity index is 1.61. The second-order valence-electron chi connectivity index (χ2n) is 7.18. The van der Waals surface area contributed by atoms with E-state index >= 15 is 0 Å². The van der Waals surface area contributed by atoms with E-state index in [-0.39, 0.29) is 17.6 Å². The minimum atomic E-state index is -0.425. The zero-order valence-corrected chi connectivity index (χ0v) is 17.2. The first-order valence-electron chi connectivity index (χ1n) is 9.60. The van der Waals surface area contributed by atoms with Crippen LogP contribution in [0.2, 0.25) is 5.02 Å². The normalized spacial score (nSPS) is 11.5. The molecule has 160 valence electrons. The van der Waals surface area contributed by atoms with Crippen LogP contribution in [0.3, 0.4) is 0 Å². The number of halogens is 2. The topological polar surface area (TPSA) is 93.9 Å². The van der Waals surface area contributed by atoms with Crippen LogP contribution in [0.5, 0.6) is 0 Å². The SMILES string of the molecule is O=c1c2c(CO)c(-c3ccc(F)cc3)nn2ccn1Cc1cc(=O)n2cc(Cl)ccc2n1. The molecule has 0 saturated heterocycles. The molecule has 0 radical (unpaired) electrons. The molecule has 0 atom stereocenters. The highest BCUT2D eigenvalue weighted by molar-refractivity contribution is 6.30. The molecule has 0 saturated carbocycles. The van der Waals surface area contributed by atoms with Crippen LogP contribution in [0.1, 0.15) is 11.3 Å². The van der Waals surface area contributed by atoms with Crippen LogP contribution < -0.4 is 11.1 Å². The third kappa shape index (κ3) is 3.37. The number of aromatic nitrogens is 5. The standard InChI is InChI=1S/C22H15ClFN5O3/c23-14-3-6-18-25-16(9-19(31)28(18)10-14)11-27-7-8-29-21(22(27)32)17(12-30)20(26-29)13-1-4-15(24)5-2-13/h1-10,30H,11-12H2. The zero-order valence-electron chi connectivity index (χ0n) is 16.4. The van der Waals surface area contributed by atoms with Gasteiger partial charge in [0.15, 0.2) is 0 Å². The van der Waals surface area contributed by atoms with Gasteiger partial charge in [0.1, 0.15) is 17.0 Å². The van der Waals surface area contributed by atoms with Crippen molar-refractivity contribution in [2.24, 2.45) is 0 Å².